The molecule has 1 aromatic heterocycles. The van der Waals surface area contributed by atoms with Crippen LogP contribution < -0.4 is 15.4 Å². The third-order valence-electron chi connectivity index (χ3n) is 3.49. The number of carbonyl (C=O) groups excluding carboxylic acids is 1. The Balaban J connectivity index is 1.80. The van der Waals surface area contributed by atoms with E-state index in [-0.39, 0.29) is 5.91 Å². The zero-order chi connectivity index (χ0) is 17.6. The van der Waals surface area contributed by atoms with E-state index in [4.69, 9.17) is 16.3 Å². The molecule has 3 rings (SSSR count). The molecular weight excluding hydrogens is 338 g/mol. The van der Waals surface area contributed by atoms with Crippen LogP contribution in [-0.2, 0) is 0 Å². The van der Waals surface area contributed by atoms with Crippen LogP contribution in [0.15, 0.2) is 66.9 Å². The lowest BCUT2D eigenvalue weighted by Gasteiger charge is -2.11. The normalized spacial score (nSPS) is 10.2. The number of ether oxygens (including phenoxy) is 1. The fourth-order valence-corrected chi connectivity index (χ4v) is 2.45. The van der Waals surface area contributed by atoms with Crippen molar-refractivity contribution < 1.29 is 9.53 Å². The summed E-state index contributed by atoms with van der Waals surface area (Å²) in [5, 5.41) is 6.57. The first-order valence-electron chi connectivity index (χ1n) is 7.59. The van der Waals surface area contributed by atoms with Crippen LogP contribution >= 0.6 is 11.6 Å². The van der Waals surface area contributed by atoms with E-state index in [1.54, 1.807) is 61.8 Å². The summed E-state index contributed by atoms with van der Waals surface area (Å²) in [6.07, 6.45) is 1.62. The summed E-state index contributed by atoms with van der Waals surface area (Å²) in [4.78, 5) is 16.9. The van der Waals surface area contributed by atoms with Crippen molar-refractivity contribution in [2.45, 2.75) is 0 Å². The van der Waals surface area contributed by atoms with Gasteiger partial charge in [0, 0.05) is 22.6 Å². The lowest BCUT2D eigenvalue weighted by atomic mass is 10.2. The number of halogens is 1. The highest BCUT2D eigenvalue weighted by molar-refractivity contribution is 6.30. The van der Waals surface area contributed by atoms with Gasteiger partial charge in [0.2, 0.25) is 0 Å². The maximum Gasteiger partial charge on any atom is 0.259 e. The molecule has 1 heterocycles. The van der Waals surface area contributed by atoms with Crippen LogP contribution in [0.4, 0.5) is 17.2 Å². The van der Waals surface area contributed by atoms with Gasteiger partial charge < -0.3 is 15.4 Å². The Kier molecular flexibility index (Phi) is 5.16. The average molecular weight is 354 g/mol. The molecule has 0 saturated carbocycles. The van der Waals surface area contributed by atoms with Gasteiger partial charge in [0.1, 0.15) is 11.6 Å². The number of aromatic nitrogens is 1. The first kappa shape index (κ1) is 16.8. The number of nitrogens with zero attached hydrogens (tertiary/aromatic N) is 1. The molecule has 0 saturated heterocycles. The molecule has 0 radical (unpaired) electrons. The summed E-state index contributed by atoms with van der Waals surface area (Å²) >= 11 is 6.00. The smallest absolute Gasteiger partial charge is 0.259 e. The molecule has 0 spiro atoms. The van der Waals surface area contributed by atoms with Crippen LogP contribution in [0.2, 0.25) is 5.02 Å². The molecule has 0 bridgehead atoms. The second-order valence-corrected chi connectivity index (χ2v) is 5.65. The summed E-state index contributed by atoms with van der Waals surface area (Å²) in [5.41, 5.74) is 1.85. The number of anilines is 3. The van der Waals surface area contributed by atoms with E-state index in [9.17, 15) is 4.79 Å². The summed E-state index contributed by atoms with van der Waals surface area (Å²) < 4.78 is 5.11. The Hall–Kier alpha value is -3.05. The van der Waals surface area contributed by atoms with Crippen LogP contribution in [0.25, 0.3) is 0 Å². The topological polar surface area (TPSA) is 63.2 Å². The lowest BCUT2D eigenvalue weighted by Crippen LogP contribution is -2.14. The van der Waals surface area contributed by atoms with E-state index in [2.05, 4.69) is 15.6 Å². The standard InChI is InChI=1S/C19H16ClN3O2/c1-25-16-9-7-14(8-10-16)23-19(24)17-6-3-11-21-18(17)22-15-5-2-4-13(20)12-15/h2-12H,1H3,(H,21,22)(H,23,24). The number of methoxy groups -OCH3 is 1. The molecule has 2 N–H and O–H groups in total. The first-order chi connectivity index (χ1) is 12.2. The van der Waals surface area contributed by atoms with Crippen LogP contribution in [-0.4, -0.2) is 18.0 Å². The fraction of sp³-hybridized carbons (Fsp3) is 0.0526. The van der Waals surface area contributed by atoms with Crippen LogP contribution in [0, 0.1) is 0 Å². The van der Waals surface area contributed by atoms with Crippen molar-refractivity contribution in [3.8, 4) is 5.75 Å². The first-order valence-corrected chi connectivity index (χ1v) is 7.96. The van der Waals surface area contributed by atoms with Crippen molar-refractivity contribution >= 4 is 34.7 Å². The molecule has 6 heteroatoms. The van der Waals surface area contributed by atoms with Crippen molar-refractivity contribution in [1.82, 2.24) is 4.98 Å². The Morgan fingerprint density at radius 3 is 2.56 bits per heavy atom. The maximum atomic E-state index is 12.6. The molecule has 0 aliphatic rings. The minimum Gasteiger partial charge on any atom is -0.497 e. The number of nitrogens with one attached hydrogen (secondary N) is 2. The highest BCUT2D eigenvalue weighted by atomic mass is 35.5. The molecule has 0 unspecified atom stereocenters. The zero-order valence-electron chi connectivity index (χ0n) is 13.5. The van der Waals surface area contributed by atoms with Gasteiger partial charge >= 0.3 is 0 Å². The number of hydrogen-bond donors (Lipinski definition) is 2. The van der Waals surface area contributed by atoms with Gasteiger partial charge in [0.05, 0.1) is 12.7 Å². The highest BCUT2D eigenvalue weighted by Gasteiger charge is 2.13. The number of pyridine rings is 1. The van der Waals surface area contributed by atoms with Crippen molar-refractivity contribution in [2.24, 2.45) is 0 Å². The van der Waals surface area contributed by atoms with Gasteiger partial charge in [-0.1, -0.05) is 17.7 Å². The van der Waals surface area contributed by atoms with Crippen molar-refractivity contribution in [1.29, 1.82) is 0 Å². The predicted octanol–water partition coefficient (Wildman–Crippen LogP) is 4.74. The number of rotatable bonds is 5. The van der Waals surface area contributed by atoms with Gasteiger partial charge in [-0.05, 0) is 54.6 Å². The second-order valence-electron chi connectivity index (χ2n) is 5.22. The van der Waals surface area contributed by atoms with Gasteiger partial charge in [-0.2, -0.15) is 0 Å². The van der Waals surface area contributed by atoms with Crippen LogP contribution in [0.1, 0.15) is 10.4 Å². The van der Waals surface area contributed by atoms with Crippen molar-refractivity contribution in [2.75, 3.05) is 17.7 Å². The number of amides is 1. The van der Waals surface area contributed by atoms with E-state index in [0.717, 1.165) is 11.4 Å². The minimum atomic E-state index is -0.261. The molecule has 0 aliphatic carbocycles. The molecule has 3 aromatic rings. The molecule has 0 atom stereocenters. The molecule has 0 aliphatic heterocycles. The monoisotopic (exact) mass is 353 g/mol. The molecule has 25 heavy (non-hydrogen) atoms. The summed E-state index contributed by atoms with van der Waals surface area (Å²) in [6.45, 7) is 0. The molecule has 126 valence electrons. The van der Waals surface area contributed by atoms with Crippen molar-refractivity contribution in [3.63, 3.8) is 0 Å². The van der Waals surface area contributed by atoms with E-state index < -0.39 is 0 Å². The molecule has 2 aromatic carbocycles. The Bertz CT molecular complexity index is 882. The molecule has 5 nitrogen and oxygen atoms in total. The van der Waals surface area contributed by atoms with Crippen LogP contribution in [0.3, 0.4) is 0 Å². The third kappa shape index (κ3) is 4.28. The minimum absolute atomic E-state index is 0.261. The lowest BCUT2D eigenvalue weighted by molar-refractivity contribution is 0.102. The van der Waals surface area contributed by atoms with Gasteiger partial charge in [0.15, 0.2) is 0 Å². The quantitative estimate of drug-likeness (QED) is 0.695. The zero-order valence-corrected chi connectivity index (χ0v) is 14.2. The second kappa shape index (κ2) is 7.68. The SMILES string of the molecule is COc1ccc(NC(=O)c2cccnc2Nc2cccc(Cl)c2)cc1. The van der Waals surface area contributed by atoms with Crippen molar-refractivity contribution in [3.05, 3.63) is 77.4 Å². The number of hydrogen-bond acceptors (Lipinski definition) is 4. The van der Waals surface area contributed by atoms with Gasteiger partial charge in [-0.15, -0.1) is 0 Å². The van der Waals surface area contributed by atoms with E-state index in [0.29, 0.717) is 22.1 Å². The molecule has 1 amide bonds. The summed E-state index contributed by atoms with van der Waals surface area (Å²) in [6, 6.07) is 17.8. The highest BCUT2D eigenvalue weighted by Crippen LogP contribution is 2.22. The van der Waals surface area contributed by atoms with Gasteiger partial charge in [-0.3, -0.25) is 4.79 Å². The molecule has 0 fully saturated rings. The number of carbonyl (C=O) groups is 1. The fourth-order valence-electron chi connectivity index (χ4n) is 2.26. The summed E-state index contributed by atoms with van der Waals surface area (Å²) in [5.74, 6) is 0.918. The maximum absolute atomic E-state index is 12.6. The van der Waals surface area contributed by atoms with Gasteiger partial charge in [0.25, 0.3) is 5.91 Å². The van der Waals surface area contributed by atoms with Crippen LogP contribution in [0.5, 0.6) is 5.75 Å². The van der Waals surface area contributed by atoms with E-state index >= 15 is 0 Å². The summed E-state index contributed by atoms with van der Waals surface area (Å²) in [7, 11) is 1.59. The van der Waals surface area contributed by atoms with E-state index in [1.165, 1.54) is 0 Å². The van der Waals surface area contributed by atoms with Gasteiger partial charge in [-0.25, -0.2) is 4.98 Å². The van der Waals surface area contributed by atoms with E-state index in [1.807, 2.05) is 12.1 Å². The largest absolute Gasteiger partial charge is 0.497 e. The average Bonchev–Trinajstić information content (AvgIpc) is 2.63. The predicted molar refractivity (Wildman–Crippen MR) is 99.9 cm³/mol. The third-order valence-corrected chi connectivity index (χ3v) is 3.72. The Labute approximate surface area is 150 Å². The Morgan fingerprint density at radius 1 is 1.04 bits per heavy atom. The number of benzene rings is 2. The molecular formula is C19H16ClN3O2. The Morgan fingerprint density at radius 2 is 1.84 bits per heavy atom.